The number of nitrogens with one attached hydrogen (secondary N) is 2. The van der Waals surface area contributed by atoms with Gasteiger partial charge in [-0.3, -0.25) is 14.3 Å². The van der Waals surface area contributed by atoms with E-state index in [0.29, 0.717) is 6.42 Å². The lowest BCUT2D eigenvalue weighted by Gasteiger charge is -2.20. The molecule has 2 atom stereocenters. The third-order valence-corrected chi connectivity index (χ3v) is 4.65. The number of nitrogens with zero attached hydrogens (tertiary/aromatic N) is 3. The average Bonchev–Trinajstić information content (AvgIpc) is 3.12. The minimum absolute atomic E-state index is 0. The van der Waals surface area contributed by atoms with E-state index in [1.54, 1.807) is 29.9 Å². The van der Waals surface area contributed by atoms with Gasteiger partial charge in [0.2, 0.25) is 11.8 Å². The molecule has 0 fully saturated rings. The zero-order chi connectivity index (χ0) is 18.1. The number of aromatic nitrogens is 2. The highest BCUT2D eigenvalue weighted by molar-refractivity contribution is 6.01. The largest absolute Gasteiger partial charge is 0.348 e. The van der Waals surface area contributed by atoms with Gasteiger partial charge in [-0.05, 0) is 31.2 Å². The lowest BCUT2D eigenvalue weighted by molar-refractivity contribution is -0.123. The summed E-state index contributed by atoms with van der Waals surface area (Å²) in [6.07, 6.45) is 3.92. The fourth-order valence-electron chi connectivity index (χ4n) is 3.18. The standard InChI is InChI=1S/C18H23N5O2.ClH/c1-11(12-5-6-15-13(7-12)8-16(24)23(15)4)21-18(25)17(19-2)14-9-20-22(3)10-14;/h5-7,9-11,17,19H,8H2,1-4H3,(H,21,25);1H. The fraction of sp³-hybridized carbons (Fsp3) is 0.389. The van der Waals surface area contributed by atoms with Crippen LogP contribution in [-0.2, 0) is 23.1 Å². The van der Waals surface area contributed by atoms with Crippen molar-refractivity contribution >= 4 is 29.9 Å². The number of anilines is 1. The first-order valence-corrected chi connectivity index (χ1v) is 8.26. The second-order valence-corrected chi connectivity index (χ2v) is 6.42. The summed E-state index contributed by atoms with van der Waals surface area (Å²) in [6, 6.07) is 5.27. The number of amides is 2. The predicted molar refractivity (Wildman–Crippen MR) is 102 cm³/mol. The summed E-state index contributed by atoms with van der Waals surface area (Å²) >= 11 is 0. The number of rotatable bonds is 5. The number of carbonyl (C=O) groups excluding carboxylic acids is 2. The first-order chi connectivity index (χ1) is 11.9. The summed E-state index contributed by atoms with van der Waals surface area (Å²) in [7, 11) is 5.35. The van der Waals surface area contributed by atoms with Gasteiger partial charge in [-0.2, -0.15) is 5.10 Å². The summed E-state index contributed by atoms with van der Waals surface area (Å²) in [4.78, 5) is 26.1. The van der Waals surface area contributed by atoms with Crippen molar-refractivity contribution in [2.45, 2.75) is 25.4 Å². The summed E-state index contributed by atoms with van der Waals surface area (Å²) in [5.41, 5.74) is 3.74. The number of hydrogen-bond donors (Lipinski definition) is 2. The van der Waals surface area contributed by atoms with Crippen molar-refractivity contribution in [3.63, 3.8) is 0 Å². The monoisotopic (exact) mass is 377 g/mol. The van der Waals surface area contributed by atoms with E-state index in [2.05, 4.69) is 15.7 Å². The lowest BCUT2D eigenvalue weighted by atomic mass is 10.0. The van der Waals surface area contributed by atoms with E-state index in [1.165, 1.54) is 0 Å². The molecule has 1 aliphatic heterocycles. The molecule has 26 heavy (non-hydrogen) atoms. The first kappa shape index (κ1) is 19.9. The van der Waals surface area contributed by atoms with Gasteiger partial charge in [0.15, 0.2) is 0 Å². The van der Waals surface area contributed by atoms with Crippen molar-refractivity contribution in [3.05, 3.63) is 47.3 Å². The third kappa shape index (κ3) is 3.73. The van der Waals surface area contributed by atoms with E-state index in [0.717, 1.165) is 22.4 Å². The third-order valence-electron chi connectivity index (χ3n) is 4.65. The van der Waals surface area contributed by atoms with Crippen LogP contribution in [0.3, 0.4) is 0 Å². The highest BCUT2D eigenvalue weighted by Crippen LogP contribution is 2.30. The van der Waals surface area contributed by atoms with Crippen molar-refractivity contribution in [2.24, 2.45) is 7.05 Å². The van der Waals surface area contributed by atoms with Gasteiger partial charge in [0.25, 0.3) is 0 Å². The molecule has 1 aliphatic rings. The van der Waals surface area contributed by atoms with Gasteiger partial charge < -0.3 is 15.5 Å². The Labute approximate surface area is 159 Å². The minimum atomic E-state index is -0.460. The molecule has 140 valence electrons. The molecule has 0 bridgehead atoms. The molecule has 1 aromatic heterocycles. The normalized spacial score (nSPS) is 15.2. The van der Waals surface area contributed by atoms with E-state index in [4.69, 9.17) is 0 Å². The van der Waals surface area contributed by atoms with Crippen LogP contribution in [0.25, 0.3) is 0 Å². The Morgan fingerprint density at radius 2 is 2.00 bits per heavy atom. The first-order valence-electron chi connectivity index (χ1n) is 8.26. The lowest BCUT2D eigenvalue weighted by Crippen LogP contribution is -2.37. The number of hydrogen-bond acceptors (Lipinski definition) is 4. The Morgan fingerprint density at radius 3 is 2.62 bits per heavy atom. The summed E-state index contributed by atoms with van der Waals surface area (Å²) < 4.78 is 1.67. The highest BCUT2D eigenvalue weighted by atomic mass is 35.5. The molecule has 2 aromatic rings. The molecular formula is C18H24ClN5O2. The molecule has 0 saturated heterocycles. The molecule has 2 N–H and O–H groups in total. The Kier molecular flexibility index (Phi) is 6.05. The molecular weight excluding hydrogens is 354 g/mol. The van der Waals surface area contributed by atoms with Crippen LogP contribution in [0.4, 0.5) is 5.69 Å². The zero-order valence-electron chi connectivity index (χ0n) is 15.3. The molecule has 2 amide bonds. The predicted octanol–water partition coefficient (Wildman–Crippen LogP) is 1.50. The molecule has 0 aliphatic carbocycles. The smallest absolute Gasteiger partial charge is 0.242 e. The number of likely N-dealkylation sites (N-methyl/N-ethyl adjacent to an activating group) is 2. The zero-order valence-corrected chi connectivity index (χ0v) is 16.1. The maximum atomic E-state index is 12.6. The summed E-state index contributed by atoms with van der Waals surface area (Å²) in [5, 5.41) is 10.2. The minimum Gasteiger partial charge on any atom is -0.348 e. The van der Waals surface area contributed by atoms with E-state index < -0.39 is 6.04 Å². The molecule has 2 unspecified atom stereocenters. The van der Waals surface area contributed by atoms with Gasteiger partial charge in [-0.15, -0.1) is 12.4 Å². The van der Waals surface area contributed by atoms with Crippen molar-refractivity contribution in [1.29, 1.82) is 0 Å². The average molecular weight is 378 g/mol. The van der Waals surface area contributed by atoms with Gasteiger partial charge in [0.05, 0.1) is 18.7 Å². The van der Waals surface area contributed by atoms with E-state index in [-0.39, 0.29) is 30.3 Å². The molecule has 0 spiro atoms. The molecule has 8 heteroatoms. The van der Waals surface area contributed by atoms with Crippen LogP contribution in [0, 0.1) is 0 Å². The van der Waals surface area contributed by atoms with Crippen LogP contribution >= 0.6 is 12.4 Å². The molecule has 0 radical (unpaired) electrons. The summed E-state index contributed by atoms with van der Waals surface area (Å²) in [5.74, 6) is -0.0210. The molecule has 2 heterocycles. The Balaban J connectivity index is 0.00000243. The van der Waals surface area contributed by atoms with Gasteiger partial charge in [0, 0.05) is 31.5 Å². The van der Waals surface area contributed by atoms with Crippen molar-refractivity contribution < 1.29 is 9.59 Å². The summed E-state index contributed by atoms with van der Waals surface area (Å²) in [6.45, 7) is 1.94. The van der Waals surface area contributed by atoms with Crippen molar-refractivity contribution in [1.82, 2.24) is 20.4 Å². The van der Waals surface area contributed by atoms with E-state index in [1.807, 2.05) is 38.4 Å². The molecule has 7 nitrogen and oxygen atoms in total. The Morgan fingerprint density at radius 1 is 1.27 bits per heavy atom. The van der Waals surface area contributed by atoms with Crippen LogP contribution in [0.15, 0.2) is 30.6 Å². The number of fused-ring (bicyclic) bond motifs is 1. The number of benzene rings is 1. The SMILES string of the molecule is CNC(C(=O)NC(C)c1ccc2c(c1)CC(=O)N2C)c1cnn(C)c1.Cl. The van der Waals surface area contributed by atoms with Crippen LogP contribution in [0.5, 0.6) is 0 Å². The van der Waals surface area contributed by atoms with Gasteiger partial charge in [0.1, 0.15) is 6.04 Å². The maximum Gasteiger partial charge on any atom is 0.242 e. The highest BCUT2D eigenvalue weighted by Gasteiger charge is 2.26. The van der Waals surface area contributed by atoms with E-state index >= 15 is 0 Å². The van der Waals surface area contributed by atoms with Crippen molar-refractivity contribution in [3.8, 4) is 0 Å². The maximum absolute atomic E-state index is 12.6. The molecule has 3 rings (SSSR count). The number of aryl methyl sites for hydroxylation is 1. The van der Waals surface area contributed by atoms with Crippen molar-refractivity contribution in [2.75, 3.05) is 19.0 Å². The van der Waals surface area contributed by atoms with Crippen LogP contribution in [0.1, 0.15) is 35.7 Å². The second-order valence-electron chi connectivity index (χ2n) is 6.42. The second kappa shape index (κ2) is 7.88. The van der Waals surface area contributed by atoms with Gasteiger partial charge >= 0.3 is 0 Å². The Bertz CT molecular complexity index is 820. The number of halogens is 1. The van der Waals surface area contributed by atoms with Crippen LogP contribution in [-0.4, -0.2) is 35.7 Å². The van der Waals surface area contributed by atoms with Crippen LogP contribution in [0.2, 0.25) is 0 Å². The molecule has 1 aromatic carbocycles. The molecule has 0 saturated carbocycles. The van der Waals surface area contributed by atoms with E-state index in [9.17, 15) is 9.59 Å². The quantitative estimate of drug-likeness (QED) is 0.827. The Hall–Kier alpha value is -2.38. The number of carbonyl (C=O) groups is 2. The van der Waals surface area contributed by atoms with Gasteiger partial charge in [-0.1, -0.05) is 12.1 Å². The van der Waals surface area contributed by atoms with Crippen LogP contribution < -0.4 is 15.5 Å². The topological polar surface area (TPSA) is 79.3 Å². The van der Waals surface area contributed by atoms with Gasteiger partial charge in [-0.25, -0.2) is 0 Å². The fourth-order valence-corrected chi connectivity index (χ4v) is 3.18.